The fraction of sp³-hybridized carbons (Fsp3) is 0.111. The first-order valence-electron chi connectivity index (χ1n) is 7.40. The van der Waals surface area contributed by atoms with Gasteiger partial charge < -0.3 is 9.84 Å². The van der Waals surface area contributed by atoms with E-state index in [1.807, 2.05) is 0 Å². The Bertz CT molecular complexity index is 925. The lowest BCUT2D eigenvalue weighted by Crippen LogP contribution is -2.24. The SMILES string of the molecule is Cc1onc(-c2ccc(Cl)cc2)c1C(=O)NCc1ccc(Br)cc1F. The second-order valence-corrected chi connectivity index (χ2v) is 6.74. The average molecular weight is 424 g/mol. The van der Waals surface area contributed by atoms with Gasteiger partial charge in [0.1, 0.15) is 22.8 Å². The van der Waals surface area contributed by atoms with Crippen LogP contribution < -0.4 is 5.32 Å². The molecule has 0 aliphatic heterocycles. The van der Waals surface area contributed by atoms with E-state index in [-0.39, 0.29) is 12.5 Å². The highest BCUT2D eigenvalue weighted by molar-refractivity contribution is 9.10. The van der Waals surface area contributed by atoms with E-state index in [4.69, 9.17) is 16.1 Å². The molecule has 1 aromatic heterocycles. The van der Waals surface area contributed by atoms with Crippen molar-refractivity contribution in [2.24, 2.45) is 0 Å². The minimum absolute atomic E-state index is 0.0582. The monoisotopic (exact) mass is 422 g/mol. The normalized spacial score (nSPS) is 10.7. The zero-order chi connectivity index (χ0) is 18.0. The summed E-state index contributed by atoms with van der Waals surface area (Å²) in [4.78, 5) is 12.6. The van der Waals surface area contributed by atoms with Crippen LogP contribution in [0.5, 0.6) is 0 Å². The van der Waals surface area contributed by atoms with E-state index in [9.17, 15) is 9.18 Å². The molecule has 25 heavy (non-hydrogen) atoms. The standard InChI is InChI=1S/C18H13BrClFN2O2/c1-10-16(17(23-25-10)11-3-6-14(20)7-4-11)18(24)22-9-12-2-5-13(19)8-15(12)21/h2-8H,9H2,1H3,(H,22,24). The van der Waals surface area contributed by atoms with Crippen LogP contribution in [0.1, 0.15) is 21.7 Å². The van der Waals surface area contributed by atoms with E-state index in [0.29, 0.717) is 37.6 Å². The number of hydrogen-bond donors (Lipinski definition) is 1. The molecule has 0 bridgehead atoms. The average Bonchev–Trinajstić information content (AvgIpc) is 2.96. The first-order valence-corrected chi connectivity index (χ1v) is 8.57. The van der Waals surface area contributed by atoms with Gasteiger partial charge in [-0.2, -0.15) is 0 Å². The first kappa shape index (κ1) is 17.6. The minimum Gasteiger partial charge on any atom is -0.360 e. The molecule has 0 saturated carbocycles. The summed E-state index contributed by atoms with van der Waals surface area (Å²) in [6.45, 7) is 1.71. The lowest BCUT2D eigenvalue weighted by molar-refractivity contribution is 0.0949. The van der Waals surface area contributed by atoms with Gasteiger partial charge in [0, 0.05) is 27.2 Å². The van der Waals surface area contributed by atoms with Crippen molar-refractivity contribution >= 4 is 33.4 Å². The van der Waals surface area contributed by atoms with Gasteiger partial charge in [0.15, 0.2) is 0 Å². The van der Waals surface area contributed by atoms with E-state index in [1.165, 1.54) is 6.07 Å². The molecule has 1 amide bonds. The van der Waals surface area contributed by atoms with E-state index in [1.54, 1.807) is 43.3 Å². The Morgan fingerprint density at radius 2 is 2.00 bits per heavy atom. The molecule has 0 aliphatic rings. The number of aromatic nitrogens is 1. The molecular formula is C18H13BrClFN2O2. The zero-order valence-electron chi connectivity index (χ0n) is 13.1. The van der Waals surface area contributed by atoms with Crippen LogP contribution in [0.4, 0.5) is 4.39 Å². The van der Waals surface area contributed by atoms with Gasteiger partial charge in [0.2, 0.25) is 0 Å². The molecule has 4 nitrogen and oxygen atoms in total. The molecule has 3 rings (SSSR count). The predicted molar refractivity (Wildman–Crippen MR) is 97.0 cm³/mol. The molecule has 0 spiro atoms. The molecule has 3 aromatic rings. The van der Waals surface area contributed by atoms with Gasteiger partial charge in [0.25, 0.3) is 5.91 Å². The number of benzene rings is 2. The van der Waals surface area contributed by atoms with Gasteiger partial charge in [-0.05, 0) is 31.2 Å². The van der Waals surface area contributed by atoms with Crippen molar-refractivity contribution in [1.82, 2.24) is 10.5 Å². The van der Waals surface area contributed by atoms with Crippen LogP contribution in [0.25, 0.3) is 11.3 Å². The van der Waals surface area contributed by atoms with Gasteiger partial charge in [-0.25, -0.2) is 4.39 Å². The van der Waals surface area contributed by atoms with Crippen molar-refractivity contribution in [3.8, 4) is 11.3 Å². The summed E-state index contributed by atoms with van der Waals surface area (Å²) in [6.07, 6.45) is 0. The van der Waals surface area contributed by atoms with Crippen molar-refractivity contribution in [2.75, 3.05) is 0 Å². The quantitative estimate of drug-likeness (QED) is 0.632. The van der Waals surface area contributed by atoms with Crippen molar-refractivity contribution in [3.63, 3.8) is 0 Å². The minimum atomic E-state index is -0.394. The van der Waals surface area contributed by atoms with E-state index in [2.05, 4.69) is 26.4 Å². The molecule has 0 unspecified atom stereocenters. The summed E-state index contributed by atoms with van der Waals surface area (Å²) in [7, 11) is 0. The van der Waals surface area contributed by atoms with Crippen molar-refractivity contribution in [3.05, 3.63) is 74.7 Å². The molecule has 0 aliphatic carbocycles. The summed E-state index contributed by atoms with van der Waals surface area (Å²) >= 11 is 9.09. The van der Waals surface area contributed by atoms with Crippen LogP contribution in [0.3, 0.4) is 0 Å². The van der Waals surface area contributed by atoms with Crippen molar-refractivity contribution < 1.29 is 13.7 Å². The zero-order valence-corrected chi connectivity index (χ0v) is 15.5. The molecule has 1 N–H and O–H groups in total. The highest BCUT2D eigenvalue weighted by atomic mass is 79.9. The number of amides is 1. The summed E-state index contributed by atoms with van der Waals surface area (Å²) < 4.78 is 19.7. The Labute approximate surface area is 157 Å². The molecule has 0 fully saturated rings. The Kier molecular flexibility index (Phi) is 5.20. The van der Waals surface area contributed by atoms with Crippen LogP contribution in [0.2, 0.25) is 5.02 Å². The topological polar surface area (TPSA) is 55.1 Å². The molecule has 7 heteroatoms. The Balaban J connectivity index is 1.83. The number of nitrogens with one attached hydrogen (secondary N) is 1. The molecule has 2 aromatic carbocycles. The second-order valence-electron chi connectivity index (χ2n) is 5.39. The smallest absolute Gasteiger partial charge is 0.257 e. The van der Waals surface area contributed by atoms with Gasteiger partial charge >= 0.3 is 0 Å². The largest absolute Gasteiger partial charge is 0.360 e. The fourth-order valence-corrected chi connectivity index (χ4v) is 2.83. The second kappa shape index (κ2) is 7.37. The van der Waals surface area contributed by atoms with Gasteiger partial charge in [-0.3, -0.25) is 4.79 Å². The first-order chi connectivity index (χ1) is 12.0. The van der Waals surface area contributed by atoms with Crippen LogP contribution in [0, 0.1) is 12.7 Å². The van der Waals surface area contributed by atoms with E-state index in [0.717, 1.165) is 0 Å². The maximum absolute atomic E-state index is 13.9. The third-order valence-corrected chi connectivity index (χ3v) is 4.41. The molecule has 128 valence electrons. The summed E-state index contributed by atoms with van der Waals surface area (Å²) in [5, 5.41) is 7.25. The lowest BCUT2D eigenvalue weighted by Gasteiger charge is -2.07. The molecule has 1 heterocycles. The van der Waals surface area contributed by atoms with Gasteiger partial charge in [-0.1, -0.05) is 50.9 Å². The fourth-order valence-electron chi connectivity index (χ4n) is 2.37. The van der Waals surface area contributed by atoms with Crippen molar-refractivity contribution in [1.29, 1.82) is 0 Å². The van der Waals surface area contributed by atoms with Crippen LogP contribution in [-0.4, -0.2) is 11.1 Å². The van der Waals surface area contributed by atoms with Crippen LogP contribution in [0.15, 0.2) is 51.5 Å². The Morgan fingerprint density at radius 1 is 1.28 bits per heavy atom. The number of halogens is 3. The lowest BCUT2D eigenvalue weighted by atomic mass is 10.1. The molecular weight excluding hydrogens is 411 g/mol. The van der Waals surface area contributed by atoms with E-state index >= 15 is 0 Å². The third-order valence-electron chi connectivity index (χ3n) is 3.66. The highest BCUT2D eigenvalue weighted by Crippen LogP contribution is 2.26. The summed E-state index contributed by atoms with van der Waals surface area (Å²) in [5.41, 5.74) is 1.84. The maximum Gasteiger partial charge on any atom is 0.257 e. The summed E-state index contributed by atoms with van der Waals surface area (Å²) in [5.74, 6) is -0.389. The molecule has 0 saturated heterocycles. The number of rotatable bonds is 4. The van der Waals surface area contributed by atoms with Crippen LogP contribution >= 0.6 is 27.5 Å². The number of carbonyl (C=O) groups is 1. The van der Waals surface area contributed by atoms with Crippen LogP contribution in [-0.2, 0) is 6.54 Å². The predicted octanol–water partition coefficient (Wildman–Crippen LogP) is 5.14. The Hall–Kier alpha value is -2.18. The number of nitrogens with zero attached hydrogens (tertiary/aromatic N) is 1. The number of aryl methyl sites for hydroxylation is 1. The number of carbonyl (C=O) groups excluding carboxylic acids is 1. The highest BCUT2D eigenvalue weighted by Gasteiger charge is 2.21. The third kappa shape index (κ3) is 3.91. The number of hydrogen-bond acceptors (Lipinski definition) is 3. The maximum atomic E-state index is 13.9. The molecule has 0 radical (unpaired) electrons. The van der Waals surface area contributed by atoms with Crippen molar-refractivity contribution in [2.45, 2.75) is 13.5 Å². The van der Waals surface area contributed by atoms with Gasteiger partial charge in [-0.15, -0.1) is 0 Å². The Morgan fingerprint density at radius 3 is 2.68 bits per heavy atom. The van der Waals surface area contributed by atoms with Gasteiger partial charge in [0.05, 0.1) is 0 Å². The molecule has 0 atom stereocenters. The summed E-state index contributed by atoms with van der Waals surface area (Å²) in [6, 6.07) is 11.6. The van der Waals surface area contributed by atoms with E-state index < -0.39 is 5.82 Å².